The van der Waals surface area contributed by atoms with Crippen molar-refractivity contribution in [2.24, 2.45) is 0 Å². The number of pyridine rings is 1. The van der Waals surface area contributed by atoms with Gasteiger partial charge in [0, 0.05) is 18.7 Å². The first-order valence-corrected chi connectivity index (χ1v) is 13.6. The van der Waals surface area contributed by atoms with Gasteiger partial charge < -0.3 is 4.98 Å². The van der Waals surface area contributed by atoms with Crippen molar-refractivity contribution in [3.05, 3.63) is 92.8 Å². The molecule has 8 heteroatoms. The number of rotatable bonds is 5. The van der Waals surface area contributed by atoms with E-state index in [1.54, 1.807) is 0 Å². The molecule has 6 rings (SSSR count). The minimum absolute atomic E-state index is 0.110. The Hall–Kier alpha value is -3.65. The molecule has 1 N–H and O–H groups in total. The minimum atomic E-state index is -0.382. The zero-order valence-corrected chi connectivity index (χ0v) is 22.0. The fraction of sp³-hybridized carbons (Fsp3) is 0.400. The number of aromatic nitrogens is 5. The van der Waals surface area contributed by atoms with Gasteiger partial charge in [0.05, 0.1) is 11.6 Å². The highest BCUT2D eigenvalue weighted by Crippen LogP contribution is 2.35. The van der Waals surface area contributed by atoms with E-state index in [1.165, 1.54) is 24.1 Å². The molecule has 0 bridgehead atoms. The molecule has 1 atom stereocenters. The maximum absolute atomic E-state index is 13.6. The number of halogens is 1. The van der Waals surface area contributed by atoms with Crippen LogP contribution in [0.5, 0.6) is 0 Å². The molecule has 0 saturated heterocycles. The number of aromatic amines is 1. The Morgan fingerprint density at radius 2 is 1.84 bits per heavy atom. The van der Waals surface area contributed by atoms with Crippen LogP contribution in [0.25, 0.3) is 16.5 Å². The lowest BCUT2D eigenvalue weighted by atomic mass is 9.94. The van der Waals surface area contributed by atoms with Gasteiger partial charge in [-0.1, -0.05) is 49.1 Å². The van der Waals surface area contributed by atoms with Crippen LogP contribution in [-0.2, 0) is 0 Å². The Kier molecular flexibility index (Phi) is 6.66. The van der Waals surface area contributed by atoms with Gasteiger partial charge >= 0.3 is 0 Å². The first-order valence-electron chi connectivity index (χ1n) is 13.6. The summed E-state index contributed by atoms with van der Waals surface area (Å²) in [5, 5.41) is 14.1. The lowest BCUT2D eigenvalue weighted by molar-refractivity contribution is 0.221. The van der Waals surface area contributed by atoms with Gasteiger partial charge in [0.2, 0.25) is 0 Å². The van der Waals surface area contributed by atoms with Crippen LogP contribution in [0.15, 0.2) is 53.3 Å². The summed E-state index contributed by atoms with van der Waals surface area (Å²) in [5.74, 6) is 0.493. The molecule has 4 aromatic rings. The highest BCUT2D eigenvalue weighted by molar-refractivity contribution is 5.83. The van der Waals surface area contributed by atoms with Gasteiger partial charge in [0.25, 0.3) is 5.56 Å². The molecule has 2 aromatic heterocycles. The first kappa shape index (κ1) is 24.7. The minimum Gasteiger partial charge on any atom is -0.321 e. The van der Waals surface area contributed by atoms with E-state index in [-0.39, 0.29) is 23.5 Å². The fourth-order valence-corrected chi connectivity index (χ4v) is 6.22. The van der Waals surface area contributed by atoms with Gasteiger partial charge in [0.1, 0.15) is 11.9 Å². The van der Waals surface area contributed by atoms with E-state index in [0.717, 1.165) is 72.1 Å². The Morgan fingerprint density at radius 1 is 1.05 bits per heavy atom. The summed E-state index contributed by atoms with van der Waals surface area (Å²) in [6, 6.07) is 12.8. The van der Waals surface area contributed by atoms with Crippen molar-refractivity contribution in [1.29, 1.82) is 0 Å². The van der Waals surface area contributed by atoms with Gasteiger partial charge in [-0.05, 0) is 89.9 Å². The average molecular weight is 513 g/mol. The van der Waals surface area contributed by atoms with Gasteiger partial charge in [0.15, 0.2) is 5.82 Å². The van der Waals surface area contributed by atoms with Gasteiger partial charge in [-0.25, -0.2) is 9.07 Å². The molecule has 1 aliphatic heterocycles. The number of tetrazole rings is 1. The van der Waals surface area contributed by atoms with Crippen molar-refractivity contribution in [3.63, 3.8) is 0 Å². The van der Waals surface area contributed by atoms with Crippen molar-refractivity contribution in [2.45, 2.75) is 64.5 Å². The van der Waals surface area contributed by atoms with Gasteiger partial charge in [-0.2, -0.15) is 0 Å². The Labute approximate surface area is 221 Å². The maximum Gasteiger partial charge on any atom is 0.253 e. The molecular weight excluding hydrogens is 479 g/mol. The van der Waals surface area contributed by atoms with Crippen LogP contribution in [0, 0.1) is 19.7 Å². The van der Waals surface area contributed by atoms with E-state index in [4.69, 9.17) is 0 Å². The molecule has 1 aliphatic carbocycles. The third-order valence-corrected chi connectivity index (χ3v) is 8.12. The van der Waals surface area contributed by atoms with E-state index < -0.39 is 0 Å². The summed E-state index contributed by atoms with van der Waals surface area (Å²) in [7, 11) is 0. The van der Waals surface area contributed by atoms with Gasteiger partial charge in [-0.3, -0.25) is 9.69 Å². The number of fused-ring (bicyclic) bond motifs is 1. The topological polar surface area (TPSA) is 79.7 Å². The highest BCUT2D eigenvalue weighted by atomic mass is 19.1. The zero-order valence-electron chi connectivity index (χ0n) is 22.0. The van der Waals surface area contributed by atoms with Crippen LogP contribution in [0.2, 0.25) is 0 Å². The summed E-state index contributed by atoms with van der Waals surface area (Å²) in [6.07, 6.45) is 8.63. The lowest BCUT2D eigenvalue weighted by Gasteiger charge is -2.34. The predicted molar refractivity (Wildman–Crippen MR) is 146 cm³/mol. The van der Waals surface area contributed by atoms with Crippen LogP contribution < -0.4 is 5.56 Å². The van der Waals surface area contributed by atoms with E-state index >= 15 is 0 Å². The lowest BCUT2D eigenvalue weighted by Crippen LogP contribution is -2.38. The van der Waals surface area contributed by atoms with Crippen LogP contribution in [0.1, 0.15) is 78.7 Å². The monoisotopic (exact) mass is 512 g/mol. The molecule has 0 radical (unpaired) electrons. The number of benzene rings is 2. The van der Waals surface area contributed by atoms with Crippen LogP contribution in [-0.4, -0.2) is 43.2 Å². The Bertz CT molecular complexity index is 1550. The van der Waals surface area contributed by atoms with Crippen LogP contribution in [0.3, 0.4) is 0 Å². The van der Waals surface area contributed by atoms with Crippen LogP contribution >= 0.6 is 0 Å². The third-order valence-electron chi connectivity index (χ3n) is 8.12. The molecule has 38 heavy (non-hydrogen) atoms. The number of aryl methyl sites for hydroxylation is 2. The molecule has 196 valence electrons. The standard InChI is InChI=1S/C30H33FN6O/c1-19-16-20(2)27-23(17-19)18-26(30(38)32-27)28(29-33-34-35-37(29)25-6-4-3-5-7-25)36-14-12-22(13-15-36)21-8-10-24(31)11-9-21/h8-12,16-18,25,28H,3-7,13-15H2,1-2H3,(H,32,38)/t28-/m0/s1. The molecule has 1 fully saturated rings. The smallest absolute Gasteiger partial charge is 0.253 e. The molecule has 7 nitrogen and oxygen atoms in total. The normalized spacial score (nSPS) is 18.0. The number of hydrogen-bond donors (Lipinski definition) is 1. The second kappa shape index (κ2) is 10.3. The fourth-order valence-electron chi connectivity index (χ4n) is 6.22. The summed E-state index contributed by atoms with van der Waals surface area (Å²) >= 11 is 0. The molecule has 1 saturated carbocycles. The van der Waals surface area contributed by atoms with E-state index in [1.807, 2.05) is 29.8 Å². The summed E-state index contributed by atoms with van der Waals surface area (Å²) < 4.78 is 15.5. The average Bonchev–Trinajstić information content (AvgIpc) is 3.40. The van der Waals surface area contributed by atoms with Crippen molar-refractivity contribution < 1.29 is 4.39 Å². The number of nitrogens with zero attached hydrogens (tertiary/aromatic N) is 5. The van der Waals surface area contributed by atoms with E-state index in [0.29, 0.717) is 12.1 Å². The molecule has 0 amide bonds. The molecule has 2 aromatic carbocycles. The maximum atomic E-state index is 13.6. The SMILES string of the molecule is Cc1cc(C)c2[nH]c(=O)c([C@@H](c3nnnn3C3CCCCC3)N3CC=C(c4ccc(F)cc4)CC3)cc2c1. The Balaban J connectivity index is 1.44. The molecular formula is C30H33FN6O. The Morgan fingerprint density at radius 3 is 2.58 bits per heavy atom. The summed E-state index contributed by atoms with van der Waals surface area (Å²) in [4.78, 5) is 19.1. The van der Waals surface area contributed by atoms with Crippen molar-refractivity contribution in [3.8, 4) is 0 Å². The first-order chi connectivity index (χ1) is 18.5. The third kappa shape index (κ3) is 4.69. The molecule has 0 unspecified atom stereocenters. The second-order valence-electron chi connectivity index (χ2n) is 10.8. The number of nitrogens with one attached hydrogen (secondary N) is 1. The molecule has 3 heterocycles. The predicted octanol–water partition coefficient (Wildman–Crippen LogP) is 5.65. The largest absolute Gasteiger partial charge is 0.321 e. The van der Waals surface area contributed by atoms with E-state index in [2.05, 4.69) is 50.5 Å². The van der Waals surface area contributed by atoms with Crippen molar-refractivity contribution in [1.82, 2.24) is 30.1 Å². The van der Waals surface area contributed by atoms with E-state index in [9.17, 15) is 9.18 Å². The zero-order chi connectivity index (χ0) is 26.2. The summed E-state index contributed by atoms with van der Waals surface area (Å²) in [6.45, 7) is 5.47. The van der Waals surface area contributed by atoms with Crippen molar-refractivity contribution >= 4 is 16.5 Å². The van der Waals surface area contributed by atoms with Crippen molar-refractivity contribution in [2.75, 3.05) is 13.1 Å². The second-order valence-corrected chi connectivity index (χ2v) is 10.8. The highest BCUT2D eigenvalue weighted by Gasteiger charge is 2.33. The molecule has 0 spiro atoms. The molecule has 2 aliphatic rings. The summed E-state index contributed by atoms with van der Waals surface area (Å²) in [5.41, 5.74) is 5.84. The van der Waals surface area contributed by atoms with Gasteiger partial charge in [-0.15, -0.1) is 5.10 Å². The van der Waals surface area contributed by atoms with Crippen LogP contribution in [0.4, 0.5) is 4.39 Å². The quantitative estimate of drug-likeness (QED) is 0.374. The number of H-pyrrole nitrogens is 1. The number of hydrogen-bond acceptors (Lipinski definition) is 5.